The third-order valence-corrected chi connectivity index (χ3v) is 7.87. The Kier molecular flexibility index (Phi) is 12.4. The first-order valence-electron chi connectivity index (χ1n) is 14.9. The Morgan fingerprint density at radius 3 is 2.57 bits per heavy atom. The minimum Gasteiger partial charge on any atom is -0.491 e. The molecule has 16 heteroatoms. The van der Waals surface area contributed by atoms with Crippen molar-refractivity contribution in [3.63, 3.8) is 0 Å². The van der Waals surface area contributed by atoms with E-state index in [-0.39, 0.29) is 60.0 Å². The van der Waals surface area contributed by atoms with Crippen molar-refractivity contribution in [2.45, 2.75) is 63.3 Å². The number of amides is 2. The van der Waals surface area contributed by atoms with Gasteiger partial charge in [0.1, 0.15) is 30.2 Å². The van der Waals surface area contributed by atoms with E-state index in [2.05, 4.69) is 25.6 Å². The summed E-state index contributed by atoms with van der Waals surface area (Å²) in [6, 6.07) is 5.35. The van der Waals surface area contributed by atoms with E-state index in [0.717, 1.165) is 0 Å². The van der Waals surface area contributed by atoms with Crippen LogP contribution in [0.15, 0.2) is 42.9 Å². The van der Waals surface area contributed by atoms with Gasteiger partial charge >= 0.3 is 0 Å². The van der Waals surface area contributed by atoms with Gasteiger partial charge in [0.25, 0.3) is 5.91 Å². The van der Waals surface area contributed by atoms with Gasteiger partial charge in [-0.2, -0.15) is 0 Å². The molecule has 1 fully saturated rings. The number of hydrogen-bond acceptors (Lipinski definition) is 12. The molecule has 2 amide bonds. The molecule has 14 nitrogen and oxygen atoms in total. The quantitative estimate of drug-likeness (QED) is 0.143. The number of carbonyl (C=O) groups excluding carboxylic acids is 2. The average molecular weight is 677 g/mol. The van der Waals surface area contributed by atoms with Gasteiger partial charge in [-0.3, -0.25) is 14.6 Å². The first-order valence-corrected chi connectivity index (χ1v) is 15.3. The van der Waals surface area contributed by atoms with E-state index in [1.54, 1.807) is 11.0 Å². The van der Waals surface area contributed by atoms with E-state index in [1.807, 2.05) is 13.8 Å². The summed E-state index contributed by atoms with van der Waals surface area (Å²) in [5.41, 5.74) is 0.603. The van der Waals surface area contributed by atoms with Gasteiger partial charge in [-0.05, 0) is 44.5 Å². The van der Waals surface area contributed by atoms with Gasteiger partial charge in [-0.15, -0.1) is 0 Å². The van der Waals surface area contributed by atoms with E-state index in [0.29, 0.717) is 17.1 Å². The van der Waals surface area contributed by atoms with Gasteiger partial charge < -0.3 is 45.4 Å². The van der Waals surface area contributed by atoms with Crippen LogP contribution in [0.1, 0.15) is 37.0 Å². The van der Waals surface area contributed by atoms with Crippen molar-refractivity contribution in [2.75, 3.05) is 32.1 Å². The third-order valence-electron chi connectivity index (χ3n) is 7.64. The van der Waals surface area contributed by atoms with Gasteiger partial charge in [0.05, 0.1) is 49.3 Å². The molecule has 6 N–H and O–H groups in total. The predicted molar refractivity (Wildman–Crippen MR) is 169 cm³/mol. The highest BCUT2D eigenvalue weighted by atomic mass is 35.5. The minimum atomic E-state index is -1.57. The van der Waals surface area contributed by atoms with Crippen molar-refractivity contribution in [3.8, 4) is 17.1 Å². The van der Waals surface area contributed by atoms with Crippen molar-refractivity contribution >= 4 is 34.9 Å². The van der Waals surface area contributed by atoms with Crippen molar-refractivity contribution in [3.05, 3.63) is 59.3 Å². The molecule has 4 rings (SSSR count). The van der Waals surface area contributed by atoms with Crippen molar-refractivity contribution in [1.29, 1.82) is 0 Å². The van der Waals surface area contributed by atoms with Crippen LogP contribution in [-0.4, -0.2) is 115 Å². The molecule has 47 heavy (non-hydrogen) atoms. The number of benzene rings is 1. The second-order valence-electron chi connectivity index (χ2n) is 11.1. The number of aromatic nitrogens is 3. The van der Waals surface area contributed by atoms with Crippen molar-refractivity contribution in [2.24, 2.45) is 0 Å². The van der Waals surface area contributed by atoms with E-state index < -0.39 is 48.9 Å². The first kappa shape index (κ1) is 35.9. The first-order chi connectivity index (χ1) is 22.4. The van der Waals surface area contributed by atoms with E-state index in [1.165, 1.54) is 43.9 Å². The normalized spacial score (nSPS) is 20.9. The van der Waals surface area contributed by atoms with Crippen LogP contribution in [0.2, 0.25) is 5.02 Å². The van der Waals surface area contributed by atoms with Crippen LogP contribution in [0.4, 0.5) is 15.9 Å². The van der Waals surface area contributed by atoms with Gasteiger partial charge in [-0.25, -0.2) is 14.4 Å². The summed E-state index contributed by atoms with van der Waals surface area (Å²) >= 11 is 6.04. The standard InChI is InChI=1S/C31H38ClFN6O8/c1-16(2)39(25(41)12-22-26(42)28(44)27(43)24(15-40)47-22)10-4-8-35-31(45)19-13-34-9-7-21(19)37-30-23(46-3)14-36-29(38-30)18-11-17(32)5-6-20(18)33/h5-7,9,11,13-14,16,22,24,26-28,40,42-44H,4,8,10,12,15H2,1-3H3,(H,35,45)(H,34,36,37,38)/t22?,24-,26+,27-,28-/m1/s1. The summed E-state index contributed by atoms with van der Waals surface area (Å²) in [4.78, 5) is 40.5. The molecule has 1 unspecified atom stereocenters. The summed E-state index contributed by atoms with van der Waals surface area (Å²) in [6.07, 6.45) is -2.52. The zero-order valence-electron chi connectivity index (χ0n) is 26.0. The Morgan fingerprint density at radius 1 is 1.13 bits per heavy atom. The number of nitrogens with one attached hydrogen (secondary N) is 2. The molecule has 0 radical (unpaired) electrons. The number of halogens is 2. The van der Waals surface area contributed by atoms with E-state index in [9.17, 15) is 34.4 Å². The van der Waals surface area contributed by atoms with Crippen LogP contribution in [-0.2, 0) is 9.53 Å². The fraction of sp³-hybridized carbons (Fsp3) is 0.452. The maximum atomic E-state index is 14.5. The lowest BCUT2D eigenvalue weighted by molar-refractivity contribution is -0.230. The van der Waals surface area contributed by atoms with Gasteiger partial charge in [0.2, 0.25) is 5.91 Å². The lowest BCUT2D eigenvalue weighted by Gasteiger charge is -2.40. The lowest BCUT2D eigenvalue weighted by Crippen LogP contribution is -2.59. The van der Waals surface area contributed by atoms with Crippen LogP contribution in [0.3, 0.4) is 0 Å². The molecule has 3 heterocycles. The smallest absolute Gasteiger partial charge is 0.254 e. The maximum Gasteiger partial charge on any atom is 0.254 e. The topological polar surface area (TPSA) is 199 Å². The Hall–Kier alpha value is -3.99. The number of aliphatic hydroxyl groups excluding tert-OH is 4. The molecule has 0 bridgehead atoms. The summed E-state index contributed by atoms with van der Waals surface area (Å²) in [6.45, 7) is 3.48. The summed E-state index contributed by atoms with van der Waals surface area (Å²) in [5, 5.41) is 46.0. The molecule has 0 saturated carbocycles. The molecular formula is C31H38ClFN6O8. The number of rotatable bonds is 13. The Balaban J connectivity index is 1.39. The number of nitrogens with zero attached hydrogens (tertiary/aromatic N) is 4. The lowest BCUT2D eigenvalue weighted by atomic mass is 9.93. The van der Waals surface area contributed by atoms with Gasteiger partial charge in [-0.1, -0.05) is 11.6 Å². The SMILES string of the molecule is COc1cnc(-c2cc(Cl)ccc2F)nc1Nc1ccncc1C(=O)NCCCN(C(=O)CC1O[C@H](CO)[C@@H](O)[C@H](O)[C@H]1O)C(C)C. The second-order valence-corrected chi connectivity index (χ2v) is 11.6. The Labute approximate surface area is 275 Å². The van der Waals surface area contributed by atoms with Crippen LogP contribution < -0.4 is 15.4 Å². The predicted octanol–water partition coefficient (Wildman–Crippen LogP) is 1.67. The monoisotopic (exact) mass is 676 g/mol. The fourth-order valence-corrected chi connectivity index (χ4v) is 5.25. The molecule has 5 atom stereocenters. The molecule has 1 aliphatic heterocycles. The summed E-state index contributed by atoms with van der Waals surface area (Å²) in [5.74, 6) is -0.946. The average Bonchev–Trinajstić information content (AvgIpc) is 3.05. The fourth-order valence-electron chi connectivity index (χ4n) is 5.07. The van der Waals surface area contributed by atoms with E-state index >= 15 is 0 Å². The molecule has 0 aliphatic carbocycles. The minimum absolute atomic E-state index is 0.0455. The molecule has 2 aromatic heterocycles. The third kappa shape index (κ3) is 8.68. The van der Waals surface area contributed by atoms with Crippen LogP contribution in [0.5, 0.6) is 5.75 Å². The highest BCUT2D eigenvalue weighted by molar-refractivity contribution is 6.30. The highest BCUT2D eigenvalue weighted by Gasteiger charge is 2.44. The van der Waals surface area contributed by atoms with Crippen molar-refractivity contribution in [1.82, 2.24) is 25.2 Å². The second kappa shape index (κ2) is 16.2. The Bertz CT molecular complexity index is 1550. The molecule has 1 aliphatic rings. The molecule has 1 saturated heterocycles. The maximum absolute atomic E-state index is 14.5. The number of hydrogen-bond donors (Lipinski definition) is 6. The molecule has 3 aromatic rings. The number of aliphatic hydroxyl groups is 4. The van der Waals surface area contributed by atoms with Crippen LogP contribution >= 0.6 is 11.6 Å². The largest absolute Gasteiger partial charge is 0.491 e. The number of ether oxygens (including phenoxy) is 2. The molecule has 1 aromatic carbocycles. The number of pyridine rings is 1. The zero-order valence-corrected chi connectivity index (χ0v) is 26.8. The van der Waals surface area contributed by atoms with Crippen LogP contribution in [0, 0.1) is 5.82 Å². The van der Waals surface area contributed by atoms with Crippen molar-refractivity contribution < 1.29 is 43.9 Å². The number of methoxy groups -OCH3 is 1. The number of carbonyl (C=O) groups is 2. The van der Waals surface area contributed by atoms with Crippen LogP contribution in [0.25, 0.3) is 11.4 Å². The number of anilines is 2. The van der Waals surface area contributed by atoms with Gasteiger partial charge in [0, 0.05) is 36.5 Å². The van der Waals surface area contributed by atoms with E-state index in [4.69, 9.17) is 21.1 Å². The van der Waals surface area contributed by atoms with Gasteiger partial charge in [0.15, 0.2) is 17.4 Å². The molecule has 254 valence electrons. The Morgan fingerprint density at radius 2 is 1.87 bits per heavy atom. The highest BCUT2D eigenvalue weighted by Crippen LogP contribution is 2.31. The summed E-state index contributed by atoms with van der Waals surface area (Å²) < 4.78 is 25.4. The zero-order chi connectivity index (χ0) is 34.2. The molecule has 0 spiro atoms. The summed E-state index contributed by atoms with van der Waals surface area (Å²) in [7, 11) is 1.42. The molecular weight excluding hydrogens is 639 g/mol.